The number of carbonyl (C=O) groups is 1. The highest BCUT2D eigenvalue weighted by Gasteiger charge is 2.45. The molecule has 1 aromatic heterocycles. The maximum atomic E-state index is 13.8. The van der Waals surface area contributed by atoms with Crippen LogP contribution in [-0.2, 0) is 15.4 Å². The Morgan fingerprint density at radius 2 is 1.77 bits per heavy atom. The molecule has 0 atom stereocenters. The minimum Gasteiger partial charge on any atom is -0.485 e. The van der Waals surface area contributed by atoms with E-state index in [0.717, 1.165) is 18.4 Å². The highest BCUT2D eigenvalue weighted by Crippen LogP contribution is 2.48. The van der Waals surface area contributed by atoms with Gasteiger partial charge in [-0.1, -0.05) is 29.8 Å². The van der Waals surface area contributed by atoms with Gasteiger partial charge in [-0.05, 0) is 62.6 Å². The number of hydrogen-bond acceptors (Lipinski definition) is 7. The Bertz CT molecular complexity index is 1580. The van der Waals surface area contributed by atoms with Gasteiger partial charge in [0.15, 0.2) is 0 Å². The zero-order valence-electron chi connectivity index (χ0n) is 22.4. The van der Waals surface area contributed by atoms with Crippen molar-refractivity contribution in [2.45, 2.75) is 37.4 Å². The molecule has 0 spiro atoms. The molecule has 5 rings (SSSR count). The molecular weight excluding hydrogens is 554 g/mol. The number of benzene rings is 2. The minimum atomic E-state index is -3.38. The molecule has 212 valence electrons. The number of rotatable bonds is 9. The maximum Gasteiger partial charge on any atom is 0.316 e. The van der Waals surface area contributed by atoms with Crippen LogP contribution in [0, 0.1) is 0 Å². The monoisotopic (exact) mass is 585 g/mol. The van der Waals surface area contributed by atoms with Gasteiger partial charge in [0.2, 0.25) is 21.7 Å². The molecule has 0 unspecified atom stereocenters. The molecule has 0 bridgehead atoms. The van der Waals surface area contributed by atoms with Gasteiger partial charge in [-0.25, -0.2) is 8.42 Å². The lowest BCUT2D eigenvalue weighted by Crippen LogP contribution is -2.50. The van der Waals surface area contributed by atoms with Crippen molar-refractivity contribution >= 4 is 33.2 Å². The van der Waals surface area contributed by atoms with Gasteiger partial charge in [0.25, 0.3) is 0 Å². The van der Waals surface area contributed by atoms with Gasteiger partial charge in [-0.15, -0.1) is 0 Å². The minimum absolute atomic E-state index is 0.148. The summed E-state index contributed by atoms with van der Waals surface area (Å²) in [4.78, 5) is 27.2. The smallest absolute Gasteiger partial charge is 0.316 e. The summed E-state index contributed by atoms with van der Waals surface area (Å²) >= 11 is 6.17. The van der Waals surface area contributed by atoms with Gasteiger partial charge in [0, 0.05) is 42.2 Å². The number of sulfonamides is 1. The van der Waals surface area contributed by atoms with E-state index < -0.39 is 26.7 Å². The normalized spacial score (nSPS) is 17.1. The number of ether oxygens (including phenoxy) is 1. The van der Waals surface area contributed by atoms with Gasteiger partial charge in [-0.2, -0.15) is 14.1 Å². The Kier molecular flexibility index (Phi) is 7.64. The van der Waals surface area contributed by atoms with E-state index in [-0.39, 0.29) is 17.8 Å². The first-order valence-electron chi connectivity index (χ1n) is 13.2. The Morgan fingerprint density at radius 3 is 2.35 bits per heavy atom. The number of carbonyl (C=O) groups excluding carboxylic acids is 1. The number of amides is 1. The summed E-state index contributed by atoms with van der Waals surface area (Å²) < 4.78 is 34.4. The van der Waals surface area contributed by atoms with E-state index in [2.05, 4.69) is 5.10 Å². The Morgan fingerprint density at radius 1 is 1.10 bits per heavy atom. The van der Waals surface area contributed by atoms with E-state index in [4.69, 9.17) is 22.1 Å². The number of aromatic nitrogens is 2. The predicted octanol–water partition coefficient (Wildman–Crippen LogP) is 2.96. The third-order valence-electron chi connectivity index (χ3n) is 7.63. The van der Waals surface area contributed by atoms with Crippen LogP contribution in [0.25, 0.3) is 5.69 Å². The quantitative estimate of drug-likeness (QED) is 0.409. The first-order chi connectivity index (χ1) is 19.0. The highest BCUT2D eigenvalue weighted by molar-refractivity contribution is 7.89. The summed E-state index contributed by atoms with van der Waals surface area (Å²) in [6.07, 6.45) is 3.33. The summed E-state index contributed by atoms with van der Waals surface area (Å²) in [5, 5.41) is 4.38. The van der Waals surface area contributed by atoms with E-state index in [1.54, 1.807) is 56.4 Å². The summed E-state index contributed by atoms with van der Waals surface area (Å²) in [5.74, 6) is -0.341. The number of anilines is 1. The molecule has 1 aliphatic heterocycles. The summed E-state index contributed by atoms with van der Waals surface area (Å²) in [7, 11) is -3.38. The molecule has 10 nitrogen and oxygen atoms in total. The Hall–Kier alpha value is -3.41. The zero-order valence-corrected chi connectivity index (χ0v) is 24.0. The van der Waals surface area contributed by atoms with Gasteiger partial charge >= 0.3 is 5.56 Å². The van der Waals surface area contributed by atoms with E-state index >= 15 is 0 Å². The standard InChI is InChI=1S/C28H32ClN5O5S/c1-19(2)40(37,38)33-14-12-32(13-15-33)24-17-31-34(23-5-3-4-22(29)16-23)27(36)25(24)39-18-28(10-11-28)21-8-6-20(7-9-21)26(30)35/h3-9,16-17,19H,10-15,18H2,1-2H3,(H2,30,35). The maximum absolute atomic E-state index is 13.8. The van der Waals surface area contributed by atoms with Crippen LogP contribution in [0.1, 0.15) is 42.6 Å². The van der Waals surface area contributed by atoms with Crippen LogP contribution in [0.4, 0.5) is 5.69 Å². The average molecular weight is 586 g/mol. The Balaban J connectivity index is 1.45. The predicted molar refractivity (Wildman–Crippen MR) is 154 cm³/mol. The number of hydrogen-bond donors (Lipinski definition) is 1. The van der Waals surface area contributed by atoms with E-state index in [1.807, 2.05) is 17.0 Å². The van der Waals surface area contributed by atoms with Crippen LogP contribution in [0.5, 0.6) is 5.75 Å². The molecule has 0 radical (unpaired) electrons. The second-order valence-corrected chi connectivity index (χ2v) is 13.5. The van der Waals surface area contributed by atoms with Crippen molar-refractivity contribution in [3.05, 3.63) is 81.2 Å². The summed E-state index contributed by atoms with van der Waals surface area (Å²) in [6, 6.07) is 14.0. The second kappa shape index (κ2) is 10.9. The Labute approximate surface area is 238 Å². The summed E-state index contributed by atoms with van der Waals surface area (Å²) in [5.41, 5.74) is 7.14. The molecule has 1 aliphatic carbocycles. The average Bonchev–Trinajstić information content (AvgIpc) is 3.73. The van der Waals surface area contributed by atoms with Crippen LogP contribution < -0.4 is 20.9 Å². The molecule has 2 fully saturated rings. The number of primary amides is 1. The van der Waals surface area contributed by atoms with Crippen molar-refractivity contribution in [2.24, 2.45) is 5.73 Å². The van der Waals surface area contributed by atoms with Gasteiger partial charge in [-0.3, -0.25) is 9.59 Å². The summed E-state index contributed by atoms with van der Waals surface area (Å²) in [6.45, 7) is 4.98. The molecule has 2 N–H and O–H groups in total. The molecule has 1 saturated heterocycles. The van der Waals surface area contributed by atoms with Gasteiger partial charge in [0.1, 0.15) is 5.69 Å². The van der Waals surface area contributed by atoms with Crippen LogP contribution in [0.2, 0.25) is 5.02 Å². The molecule has 1 saturated carbocycles. The highest BCUT2D eigenvalue weighted by atomic mass is 35.5. The number of halogens is 1. The number of nitrogens with two attached hydrogens (primary N) is 1. The van der Waals surface area contributed by atoms with Crippen molar-refractivity contribution in [3.63, 3.8) is 0 Å². The van der Waals surface area contributed by atoms with E-state index in [9.17, 15) is 18.0 Å². The molecule has 40 heavy (non-hydrogen) atoms. The zero-order chi connectivity index (χ0) is 28.7. The lowest BCUT2D eigenvalue weighted by Gasteiger charge is -2.36. The first kappa shape index (κ1) is 28.1. The molecule has 2 aliphatic rings. The topological polar surface area (TPSA) is 128 Å². The largest absolute Gasteiger partial charge is 0.485 e. The molecule has 12 heteroatoms. The molecule has 3 aromatic rings. The molecule has 2 heterocycles. The second-order valence-electron chi connectivity index (χ2n) is 10.5. The fourth-order valence-electron chi connectivity index (χ4n) is 4.93. The van der Waals surface area contributed by atoms with Crippen molar-refractivity contribution < 1.29 is 17.9 Å². The van der Waals surface area contributed by atoms with Crippen molar-refractivity contribution in [1.29, 1.82) is 0 Å². The lowest BCUT2D eigenvalue weighted by molar-refractivity contribution is 0.1000. The lowest BCUT2D eigenvalue weighted by atomic mass is 9.96. The van der Waals surface area contributed by atoms with Gasteiger partial charge in [0.05, 0.1) is 23.7 Å². The molecule has 1 amide bonds. The third-order valence-corrected chi connectivity index (χ3v) is 10.1. The third kappa shape index (κ3) is 5.45. The van der Waals surface area contributed by atoms with Crippen molar-refractivity contribution in [1.82, 2.24) is 14.1 Å². The fourth-order valence-corrected chi connectivity index (χ4v) is 6.38. The van der Waals surface area contributed by atoms with E-state index in [0.29, 0.717) is 48.1 Å². The first-order valence-corrected chi connectivity index (χ1v) is 15.1. The van der Waals surface area contributed by atoms with Crippen LogP contribution >= 0.6 is 11.6 Å². The van der Waals surface area contributed by atoms with Gasteiger partial charge < -0.3 is 15.4 Å². The van der Waals surface area contributed by atoms with Crippen molar-refractivity contribution in [3.8, 4) is 11.4 Å². The van der Waals surface area contributed by atoms with E-state index in [1.165, 1.54) is 8.99 Å². The molecule has 2 aromatic carbocycles. The van der Waals surface area contributed by atoms with Crippen LogP contribution in [-0.4, -0.2) is 66.4 Å². The number of nitrogens with zero attached hydrogens (tertiary/aromatic N) is 4. The van der Waals surface area contributed by atoms with Crippen LogP contribution in [0.15, 0.2) is 59.5 Å². The van der Waals surface area contributed by atoms with Crippen LogP contribution in [0.3, 0.4) is 0 Å². The van der Waals surface area contributed by atoms with Crippen molar-refractivity contribution in [2.75, 3.05) is 37.7 Å². The molecular formula is C28H32ClN5O5S. The SMILES string of the molecule is CC(C)S(=O)(=O)N1CCN(c2cnn(-c3cccc(Cl)c3)c(=O)c2OCC2(c3ccc(C(N)=O)cc3)CC2)CC1. The number of piperazine rings is 1. The fraction of sp³-hybridized carbons (Fsp3) is 0.393.